The summed E-state index contributed by atoms with van der Waals surface area (Å²) in [5.41, 5.74) is -0.984. The summed E-state index contributed by atoms with van der Waals surface area (Å²) in [4.78, 5) is 38.9. The number of rotatable bonds is 7. The maximum Gasteiger partial charge on any atom is 0.387 e. The lowest BCUT2D eigenvalue weighted by Gasteiger charge is -2.29. The smallest absolute Gasteiger partial charge is 0.387 e. The number of carbonyl (C=O) groups is 3. The molecule has 7 nitrogen and oxygen atoms in total. The van der Waals surface area contributed by atoms with Gasteiger partial charge in [-0.2, -0.15) is 8.78 Å². The van der Waals surface area contributed by atoms with Crippen LogP contribution in [-0.2, 0) is 15.1 Å². The van der Waals surface area contributed by atoms with E-state index in [4.69, 9.17) is 0 Å². The molecule has 1 aromatic carbocycles. The topological polar surface area (TPSA) is 87.7 Å². The Morgan fingerprint density at radius 3 is 2.55 bits per heavy atom. The van der Waals surface area contributed by atoms with Gasteiger partial charge in [0.1, 0.15) is 17.8 Å². The van der Waals surface area contributed by atoms with E-state index in [1.54, 1.807) is 0 Å². The standard InChI is InChI=1S/C22H27F2N3O4/c1-12(17-10-13-3-4-14(17)9-13)25-18(28)11-27-19(29)22(2,26-21(27)30)15-5-7-16(8-6-15)31-20(23)24/h5-8,12-14,17,20H,3-4,9-11H2,1-2H3,(H,25,28)(H,26,30)/t12-,13-,14-,17+,22-/m0/s1. The van der Waals surface area contributed by atoms with Gasteiger partial charge in [0.15, 0.2) is 0 Å². The molecule has 4 amide bonds. The third kappa shape index (κ3) is 4.09. The second kappa shape index (κ2) is 8.09. The summed E-state index contributed by atoms with van der Waals surface area (Å²) in [6, 6.07) is 4.82. The van der Waals surface area contributed by atoms with Crippen LogP contribution in [0, 0.1) is 17.8 Å². The monoisotopic (exact) mass is 435 g/mol. The Bertz CT molecular complexity index is 878. The molecule has 2 bridgehead atoms. The number of carbonyl (C=O) groups excluding carboxylic acids is 3. The third-order valence-electron chi connectivity index (χ3n) is 7.06. The summed E-state index contributed by atoms with van der Waals surface area (Å²) < 4.78 is 29.0. The Morgan fingerprint density at radius 1 is 1.26 bits per heavy atom. The Balaban J connectivity index is 1.39. The van der Waals surface area contributed by atoms with Gasteiger partial charge in [-0.05, 0) is 68.6 Å². The Kier molecular flexibility index (Phi) is 5.61. The zero-order valence-electron chi connectivity index (χ0n) is 17.6. The van der Waals surface area contributed by atoms with Crippen LogP contribution in [0.5, 0.6) is 5.75 Å². The number of hydrogen-bond acceptors (Lipinski definition) is 4. The summed E-state index contributed by atoms with van der Waals surface area (Å²) >= 11 is 0. The molecule has 0 aromatic heterocycles. The van der Waals surface area contributed by atoms with Gasteiger partial charge in [-0.15, -0.1) is 0 Å². The molecule has 0 spiro atoms. The molecule has 9 heteroatoms. The predicted molar refractivity (Wildman–Crippen MR) is 107 cm³/mol. The highest BCUT2D eigenvalue weighted by molar-refractivity contribution is 6.09. The van der Waals surface area contributed by atoms with Gasteiger partial charge in [0, 0.05) is 6.04 Å². The van der Waals surface area contributed by atoms with Gasteiger partial charge in [0.05, 0.1) is 0 Å². The maximum absolute atomic E-state index is 13.0. The molecule has 3 aliphatic rings. The number of imide groups is 1. The number of hydrogen-bond donors (Lipinski definition) is 2. The number of urea groups is 1. The zero-order chi connectivity index (χ0) is 22.3. The fraction of sp³-hybridized carbons (Fsp3) is 0.591. The molecule has 2 saturated carbocycles. The first kappa shape index (κ1) is 21.5. The lowest BCUT2D eigenvalue weighted by atomic mass is 9.84. The average molecular weight is 435 g/mol. The van der Waals surface area contributed by atoms with Crippen molar-refractivity contribution in [3.8, 4) is 5.75 Å². The van der Waals surface area contributed by atoms with E-state index in [-0.39, 0.29) is 24.2 Å². The van der Waals surface area contributed by atoms with E-state index < -0.39 is 24.1 Å². The van der Waals surface area contributed by atoms with Gasteiger partial charge < -0.3 is 15.4 Å². The summed E-state index contributed by atoms with van der Waals surface area (Å²) in [6.45, 7) is 0.191. The van der Waals surface area contributed by atoms with Crippen LogP contribution >= 0.6 is 0 Å². The highest BCUT2D eigenvalue weighted by Crippen LogP contribution is 2.49. The second-order valence-electron chi connectivity index (χ2n) is 9.04. The van der Waals surface area contributed by atoms with Crippen LogP contribution in [0.1, 0.15) is 45.1 Å². The summed E-state index contributed by atoms with van der Waals surface area (Å²) in [6.07, 6.45) is 4.84. The minimum atomic E-state index is -2.95. The van der Waals surface area contributed by atoms with E-state index in [9.17, 15) is 23.2 Å². The molecule has 5 atom stereocenters. The van der Waals surface area contributed by atoms with Crippen LogP contribution < -0.4 is 15.4 Å². The number of halogens is 2. The summed E-state index contributed by atoms with van der Waals surface area (Å²) in [7, 11) is 0. The first-order valence-corrected chi connectivity index (χ1v) is 10.7. The van der Waals surface area contributed by atoms with Crippen molar-refractivity contribution in [1.29, 1.82) is 0 Å². The van der Waals surface area contributed by atoms with Crippen molar-refractivity contribution < 1.29 is 27.9 Å². The first-order valence-electron chi connectivity index (χ1n) is 10.7. The summed E-state index contributed by atoms with van der Waals surface area (Å²) in [5.74, 6) is 0.872. The Labute approximate surface area is 179 Å². The van der Waals surface area contributed by atoms with Crippen LogP contribution in [0.2, 0.25) is 0 Å². The minimum Gasteiger partial charge on any atom is -0.435 e. The van der Waals surface area contributed by atoms with Crippen molar-refractivity contribution in [2.24, 2.45) is 17.8 Å². The van der Waals surface area contributed by atoms with Crippen molar-refractivity contribution in [3.05, 3.63) is 29.8 Å². The van der Waals surface area contributed by atoms with Crippen molar-refractivity contribution in [1.82, 2.24) is 15.5 Å². The lowest BCUT2D eigenvalue weighted by molar-refractivity contribution is -0.135. The maximum atomic E-state index is 13.0. The summed E-state index contributed by atoms with van der Waals surface area (Å²) in [5, 5.41) is 5.58. The molecule has 31 heavy (non-hydrogen) atoms. The molecule has 2 N–H and O–H groups in total. The number of nitrogens with zero attached hydrogens (tertiary/aromatic N) is 1. The quantitative estimate of drug-likeness (QED) is 0.645. The van der Waals surface area contributed by atoms with Gasteiger partial charge in [-0.1, -0.05) is 18.6 Å². The largest absolute Gasteiger partial charge is 0.435 e. The van der Waals surface area contributed by atoms with Gasteiger partial charge in [0.25, 0.3) is 5.91 Å². The molecule has 168 valence electrons. The lowest BCUT2D eigenvalue weighted by Crippen LogP contribution is -2.47. The van der Waals surface area contributed by atoms with Gasteiger partial charge in [-0.3, -0.25) is 14.5 Å². The second-order valence-corrected chi connectivity index (χ2v) is 9.04. The normalized spacial score (nSPS) is 30.6. The van der Waals surface area contributed by atoms with E-state index in [0.29, 0.717) is 17.4 Å². The van der Waals surface area contributed by atoms with Crippen LogP contribution in [0.15, 0.2) is 24.3 Å². The van der Waals surface area contributed by atoms with Crippen LogP contribution in [-0.4, -0.2) is 41.9 Å². The number of ether oxygens (including phenoxy) is 1. The highest BCUT2D eigenvalue weighted by Gasteiger charge is 2.50. The van der Waals surface area contributed by atoms with Gasteiger partial charge in [0.2, 0.25) is 5.91 Å². The molecule has 1 heterocycles. The molecule has 4 rings (SSSR count). The Morgan fingerprint density at radius 2 is 1.97 bits per heavy atom. The Hall–Kier alpha value is -2.71. The van der Waals surface area contributed by atoms with E-state index in [1.165, 1.54) is 50.5 Å². The molecule has 1 saturated heterocycles. The SMILES string of the molecule is C[C@H](NC(=O)CN1C(=O)N[C@@](C)(c2ccc(OC(F)F)cc2)C1=O)[C@H]1C[C@H]2CC[C@H]1C2. The number of benzene rings is 1. The molecule has 3 fully saturated rings. The van der Waals surface area contributed by atoms with Gasteiger partial charge in [-0.25, -0.2) is 4.79 Å². The molecule has 2 aliphatic carbocycles. The van der Waals surface area contributed by atoms with Crippen LogP contribution in [0.3, 0.4) is 0 Å². The van der Waals surface area contributed by atoms with E-state index >= 15 is 0 Å². The number of fused-ring (bicyclic) bond motifs is 2. The van der Waals surface area contributed by atoms with Gasteiger partial charge >= 0.3 is 12.6 Å². The van der Waals surface area contributed by atoms with E-state index in [1.807, 2.05) is 6.92 Å². The van der Waals surface area contributed by atoms with Crippen LogP contribution in [0.4, 0.5) is 13.6 Å². The van der Waals surface area contributed by atoms with Crippen molar-refractivity contribution >= 4 is 17.8 Å². The molecule has 0 radical (unpaired) electrons. The average Bonchev–Trinajstić information content (AvgIpc) is 3.39. The molecule has 1 aromatic rings. The molecule has 0 unspecified atom stereocenters. The molecule has 1 aliphatic heterocycles. The van der Waals surface area contributed by atoms with Crippen LogP contribution in [0.25, 0.3) is 0 Å². The molecular formula is C22H27F2N3O4. The number of amides is 4. The van der Waals surface area contributed by atoms with E-state index in [2.05, 4.69) is 15.4 Å². The minimum absolute atomic E-state index is 0.00247. The fourth-order valence-corrected chi connectivity index (χ4v) is 5.46. The zero-order valence-corrected chi connectivity index (χ0v) is 17.6. The predicted octanol–water partition coefficient (Wildman–Crippen LogP) is 3.00. The molecular weight excluding hydrogens is 408 g/mol. The van der Waals surface area contributed by atoms with Crippen molar-refractivity contribution in [2.45, 2.75) is 57.7 Å². The number of alkyl halides is 2. The highest BCUT2D eigenvalue weighted by atomic mass is 19.3. The van der Waals surface area contributed by atoms with E-state index in [0.717, 1.165) is 17.2 Å². The first-order chi connectivity index (χ1) is 14.7. The van der Waals surface area contributed by atoms with Crippen molar-refractivity contribution in [3.63, 3.8) is 0 Å². The number of nitrogens with one attached hydrogen (secondary N) is 2. The third-order valence-corrected chi connectivity index (χ3v) is 7.06. The van der Waals surface area contributed by atoms with Crippen molar-refractivity contribution in [2.75, 3.05) is 6.54 Å². The fourth-order valence-electron chi connectivity index (χ4n) is 5.46.